The maximum atomic E-state index is 2.45. The van der Waals surface area contributed by atoms with Crippen LogP contribution < -0.4 is 0 Å². The van der Waals surface area contributed by atoms with Gasteiger partial charge in [-0.1, -0.05) is 170 Å². The van der Waals surface area contributed by atoms with Crippen molar-refractivity contribution in [2.75, 3.05) is 0 Å². The summed E-state index contributed by atoms with van der Waals surface area (Å²) < 4.78 is 4.87. The van der Waals surface area contributed by atoms with Gasteiger partial charge in [0, 0.05) is 38.4 Å². The van der Waals surface area contributed by atoms with E-state index in [1.165, 1.54) is 88.1 Å². The average Bonchev–Trinajstić information content (AvgIpc) is 3.80. The molecule has 2 nitrogen and oxygen atoms in total. The van der Waals surface area contributed by atoms with Gasteiger partial charge in [0.2, 0.25) is 0 Å². The molecular formula is C54H36N2. The molecule has 0 aliphatic rings. The molecule has 2 aromatic heterocycles. The SMILES string of the molecule is c1ccc(-c2ccc3c(c2)c2cc(-c4ccccc4)ccc2n3-c2ccccc2-c2ccc(-c3cccc4c5ccccc5n(-c5ccccc5)c34)cc2)cc1. The quantitative estimate of drug-likeness (QED) is 0.162. The van der Waals surface area contributed by atoms with Gasteiger partial charge in [-0.25, -0.2) is 0 Å². The Morgan fingerprint density at radius 1 is 0.250 bits per heavy atom. The van der Waals surface area contributed by atoms with E-state index >= 15 is 0 Å². The lowest BCUT2D eigenvalue weighted by Crippen LogP contribution is -1.97. The van der Waals surface area contributed by atoms with Gasteiger partial charge < -0.3 is 9.13 Å². The molecule has 11 rings (SSSR count). The van der Waals surface area contributed by atoms with E-state index in [1.54, 1.807) is 0 Å². The first kappa shape index (κ1) is 32.0. The first-order valence-electron chi connectivity index (χ1n) is 19.3. The zero-order valence-corrected chi connectivity index (χ0v) is 30.7. The fraction of sp³-hybridized carbons (Fsp3) is 0. The monoisotopic (exact) mass is 712 g/mol. The van der Waals surface area contributed by atoms with E-state index in [9.17, 15) is 0 Å². The second-order valence-electron chi connectivity index (χ2n) is 14.5. The number of para-hydroxylation sites is 4. The summed E-state index contributed by atoms with van der Waals surface area (Å²) in [7, 11) is 0. The van der Waals surface area contributed by atoms with Gasteiger partial charge in [-0.2, -0.15) is 0 Å². The molecule has 2 heterocycles. The molecule has 56 heavy (non-hydrogen) atoms. The number of nitrogens with zero attached hydrogens (tertiary/aromatic N) is 2. The number of benzene rings is 9. The third kappa shape index (κ3) is 5.19. The zero-order chi connectivity index (χ0) is 37.0. The van der Waals surface area contributed by atoms with Gasteiger partial charge in [-0.3, -0.25) is 0 Å². The molecule has 9 aromatic carbocycles. The second-order valence-corrected chi connectivity index (χ2v) is 14.5. The predicted octanol–water partition coefficient (Wildman–Crippen LogP) is 14.5. The first-order valence-corrected chi connectivity index (χ1v) is 19.3. The Hall–Kier alpha value is -7.42. The standard InChI is InChI=1S/C54H36N2/c1-4-15-37(16-5-1)41-31-33-52-48(35-41)49-36-42(38-17-6-2-7-18-38)32-34-53(49)56(52)50-25-12-10-21-44(50)39-27-29-40(30-28-39)45-23-14-24-47-46-22-11-13-26-51(46)55(54(45)47)43-19-8-3-9-20-43/h1-36H. The second kappa shape index (κ2) is 13.2. The van der Waals surface area contributed by atoms with Gasteiger partial charge in [-0.05, 0) is 81.9 Å². The molecule has 0 radical (unpaired) electrons. The van der Waals surface area contributed by atoms with Gasteiger partial charge >= 0.3 is 0 Å². The minimum atomic E-state index is 1.16. The summed E-state index contributed by atoms with van der Waals surface area (Å²) in [5, 5.41) is 5.00. The number of rotatable bonds is 6. The van der Waals surface area contributed by atoms with Crippen LogP contribution in [0.4, 0.5) is 0 Å². The molecule has 0 fully saturated rings. The van der Waals surface area contributed by atoms with Crippen molar-refractivity contribution in [2.45, 2.75) is 0 Å². The van der Waals surface area contributed by atoms with E-state index in [4.69, 9.17) is 0 Å². The van der Waals surface area contributed by atoms with Crippen molar-refractivity contribution >= 4 is 43.6 Å². The van der Waals surface area contributed by atoms with Crippen LogP contribution in [0.5, 0.6) is 0 Å². The Balaban J connectivity index is 1.08. The molecule has 2 heteroatoms. The van der Waals surface area contributed by atoms with Crippen LogP contribution in [0.15, 0.2) is 218 Å². The highest BCUT2D eigenvalue weighted by molar-refractivity contribution is 6.14. The number of hydrogen-bond acceptors (Lipinski definition) is 0. The predicted molar refractivity (Wildman–Crippen MR) is 237 cm³/mol. The third-order valence-corrected chi connectivity index (χ3v) is 11.3. The summed E-state index contributed by atoms with van der Waals surface area (Å²) >= 11 is 0. The summed E-state index contributed by atoms with van der Waals surface area (Å²) in [4.78, 5) is 0. The summed E-state index contributed by atoms with van der Waals surface area (Å²) in [6.07, 6.45) is 0. The number of hydrogen-bond donors (Lipinski definition) is 0. The van der Waals surface area contributed by atoms with E-state index in [1.807, 2.05) is 0 Å². The van der Waals surface area contributed by atoms with Crippen molar-refractivity contribution in [1.82, 2.24) is 9.13 Å². The lowest BCUT2D eigenvalue weighted by Gasteiger charge is -2.15. The maximum Gasteiger partial charge on any atom is 0.0619 e. The minimum absolute atomic E-state index is 1.16. The van der Waals surface area contributed by atoms with Crippen molar-refractivity contribution in [2.24, 2.45) is 0 Å². The van der Waals surface area contributed by atoms with Crippen LogP contribution in [0.3, 0.4) is 0 Å². The third-order valence-electron chi connectivity index (χ3n) is 11.3. The summed E-state index contributed by atoms with van der Waals surface area (Å²) in [6, 6.07) is 79.4. The molecule has 0 N–H and O–H groups in total. The van der Waals surface area contributed by atoms with E-state index in [2.05, 4.69) is 228 Å². The first-order chi connectivity index (χ1) is 27.8. The van der Waals surface area contributed by atoms with Crippen LogP contribution in [0.2, 0.25) is 0 Å². The molecule has 262 valence electrons. The molecule has 0 atom stereocenters. The molecule has 11 aromatic rings. The lowest BCUT2D eigenvalue weighted by atomic mass is 9.97. The van der Waals surface area contributed by atoms with Crippen molar-refractivity contribution in [3.8, 4) is 55.9 Å². The molecule has 0 saturated heterocycles. The Morgan fingerprint density at radius 3 is 1.36 bits per heavy atom. The van der Waals surface area contributed by atoms with E-state index in [-0.39, 0.29) is 0 Å². The van der Waals surface area contributed by atoms with Gasteiger partial charge in [0.05, 0.1) is 27.8 Å². The topological polar surface area (TPSA) is 9.86 Å². The highest BCUT2D eigenvalue weighted by Gasteiger charge is 2.19. The van der Waals surface area contributed by atoms with Gasteiger partial charge in [-0.15, -0.1) is 0 Å². The fourth-order valence-corrected chi connectivity index (χ4v) is 8.74. The summed E-state index contributed by atoms with van der Waals surface area (Å²) in [5.74, 6) is 0. The normalized spacial score (nSPS) is 11.6. The van der Waals surface area contributed by atoms with Gasteiger partial charge in [0.25, 0.3) is 0 Å². The highest BCUT2D eigenvalue weighted by atomic mass is 15.0. The molecule has 0 aliphatic carbocycles. The minimum Gasteiger partial charge on any atom is -0.309 e. The number of aromatic nitrogens is 2. The Morgan fingerprint density at radius 2 is 0.714 bits per heavy atom. The molecule has 0 spiro atoms. The Labute approximate surface area is 325 Å². The molecule has 0 bridgehead atoms. The number of fused-ring (bicyclic) bond motifs is 6. The van der Waals surface area contributed by atoms with Crippen LogP contribution in [0.1, 0.15) is 0 Å². The van der Waals surface area contributed by atoms with E-state index in [0.717, 1.165) is 11.4 Å². The summed E-state index contributed by atoms with van der Waals surface area (Å²) in [6.45, 7) is 0. The van der Waals surface area contributed by atoms with Crippen LogP contribution in [-0.4, -0.2) is 9.13 Å². The van der Waals surface area contributed by atoms with Crippen molar-refractivity contribution in [1.29, 1.82) is 0 Å². The average molecular weight is 713 g/mol. The largest absolute Gasteiger partial charge is 0.309 e. The molecular weight excluding hydrogens is 677 g/mol. The van der Waals surface area contributed by atoms with Crippen LogP contribution in [-0.2, 0) is 0 Å². The van der Waals surface area contributed by atoms with Crippen LogP contribution in [0, 0.1) is 0 Å². The fourth-order valence-electron chi connectivity index (χ4n) is 8.74. The van der Waals surface area contributed by atoms with Gasteiger partial charge in [0.15, 0.2) is 0 Å². The molecule has 0 aliphatic heterocycles. The Kier molecular flexibility index (Phi) is 7.53. The highest BCUT2D eigenvalue weighted by Crippen LogP contribution is 2.41. The van der Waals surface area contributed by atoms with Crippen LogP contribution >= 0.6 is 0 Å². The lowest BCUT2D eigenvalue weighted by molar-refractivity contribution is 1.18. The van der Waals surface area contributed by atoms with Crippen molar-refractivity contribution in [3.63, 3.8) is 0 Å². The van der Waals surface area contributed by atoms with Crippen LogP contribution in [0.25, 0.3) is 99.5 Å². The molecule has 0 saturated carbocycles. The summed E-state index contributed by atoms with van der Waals surface area (Å²) in [5.41, 5.74) is 16.8. The zero-order valence-electron chi connectivity index (χ0n) is 30.7. The van der Waals surface area contributed by atoms with E-state index in [0.29, 0.717) is 0 Å². The molecule has 0 amide bonds. The maximum absolute atomic E-state index is 2.45. The van der Waals surface area contributed by atoms with Crippen molar-refractivity contribution < 1.29 is 0 Å². The van der Waals surface area contributed by atoms with Crippen molar-refractivity contribution in [3.05, 3.63) is 218 Å². The molecule has 0 unspecified atom stereocenters. The smallest absolute Gasteiger partial charge is 0.0619 e. The van der Waals surface area contributed by atoms with Gasteiger partial charge in [0.1, 0.15) is 0 Å². The van der Waals surface area contributed by atoms with E-state index < -0.39 is 0 Å². The Bertz CT molecular complexity index is 3110.